The lowest BCUT2D eigenvalue weighted by Crippen LogP contribution is -2.25. The summed E-state index contributed by atoms with van der Waals surface area (Å²) in [5.41, 5.74) is 6.24. The molecular formula is C9H16N4O2S. The molecule has 0 spiro atoms. The lowest BCUT2D eigenvalue weighted by molar-refractivity contribution is 0.591. The first kappa shape index (κ1) is 11.3. The molecule has 1 aliphatic heterocycles. The van der Waals surface area contributed by atoms with Crippen molar-refractivity contribution in [3.63, 3.8) is 0 Å². The fourth-order valence-electron chi connectivity index (χ4n) is 1.94. The zero-order chi connectivity index (χ0) is 11.8. The first-order chi connectivity index (χ1) is 7.49. The fraction of sp³-hybridized carbons (Fsp3) is 0.667. The van der Waals surface area contributed by atoms with Gasteiger partial charge in [-0.15, -0.1) is 0 Å². The minimum Gasteiger partial charge on any atom is -0.394 e. The summed E-state index contributed by atoms with van der Waals surface area (Å²) in [7, 11) is -1.13. The van der Waals surface area contributed by atoms with Crippen LogP contribution in [0.25, 0.3) is 0 Å². The zero-order valence-electron chi connectivity index (χ0n) is 9.18. The molecule has 1 aromatic heterocycles. The lowest BCUT2D eigenvalue weighted by atomic mass is 10.2. The number of anilines is 2. The molecule has 6 nitrogen and oxygen atoms in total. The van der Waals surface area contributed by atoms with Gasteiger partial charge in [-0.05, 0) is 12.8 Å². The Kier molecular flexibility index (Phi) is 2.79. The predicted octanol–water partition coefficient (Wildman–Crippen LogP) is -0.00860. The summed E-state index contributed by atoms with van der Waals surface area (Å²) < 4.78 is 24.8. The third-order valence-electron chi connectivity index (χ3n) is 2.82. The Labute approximate surface area is 94.7 Å². The number of nitrogens with zero attached hydrogens (tertiary/aromatic N) is 2. The van der Waals surface area contributed by atoms with Gasteiger partial charge in [0.1, 0.15) is 0 Å². The van der Waals surface area contributed by atoms with Crippen molar-refractivity contribution in [1.29, 1.82) is 0 Å². The van der Waals surface area contributed by atoms with Crippen LogP contribution >= 0.6 is 0 Å². The quantitative estimate of drug-likeness (QED) is 0.780. The van der Waals surface area contributed by atoms with Gasteiger partial charge in [-0.2, -0.15) is 5.10 Å². The first-order valence-electron chi connectivity index (χ1n) is 5.23. The standard InChI is InChI=1S/C9H16N4O2S/c1-13-6-8(10)9(12-13)11-5-7-3-2-4-16(7,14)15/h6-7H,2-5,10H2,1H3,(H,11,12). The molecule has 1 unspecified atom stereocenters. The number of rotatable bonds is 3. The largest absolute Gasteiger partial charge is 0.394 e. The third-order valence-corrected chi connectivity index (χ3v) is 5.09. The van der Waals surface area contributed by atoms with Crippen LogP contribution in [0.4, 0.5) is 11.5 Å². The molecule has 1 fully saturated rings. The Morgan fingerprint density at radius 3 is 2.94 bits per heavy atom. The second kappa shape index (κ2) is 3.97. The van der Waals surface area contributed by atoms with Gasteiger partial charge in [0.25, 0.3) is 0 Å². The minimum absolute atomic E-state index is 0.297. The molecule has 1 aromatic rings. The van der Waals surface area contributed by atoms with E-state index in [4.69, 9.17) is 5.73 Å². The van der Waals surface area contributed by atoms with E-state index in [-0.39, 0.29) is 5.25 Å². The maximum atomic E-state index is 11.6. The maximum absolute atomic E-state index is 11.6. The molecule has 1 saturated heterocycles. The molecule has 0 bridgehead atoms. The first-order valence-corrected chi connectivity index (χ1v) is 6.95. The molecule has 90 valence electrons. The van der Waals surface area contributed by atoms with E-state index < -0.39 is 9.84 Å². The highest BCUT2D eigenvalue weighted by atomic mass is 32.2. The number of hydrogen-bond acceptors (Lipinski definition) is 5. The number of aryl methyl sites for hydroxylation is 1. The van der Waals surface area contributed by atoms with E-state index in [2.05, 4.69) is 10.4 Å². The van der Waals surface area contributed by atoms with Crippen LogP contribution in [0.2, 0.25) is 0 Å². The van der Waals surface area contributed by atoms with E-state index in [1.165, 1.54) is 0 Å². The van der Waals surface area contributed by atoms with E-state index in [0.717, 1.165) is 12.8 Å². The van der Waals surface area contributed by atoms with E-state index >= 15 is 0 Å². The summed E-state index contributed by atoms with van der Waals surface area (Å²) >= 11 is 0. The molecular weight excluding hydrogens is 228 g/mol. The smallest absolute Gasteiger partial charge is 0.171 e. The summed E-state index contributed by atoms with van der Waals surface area (Å²) in [6, 6.07) is 0. The van der Waals surface area contributed by atoms with Gasteiger partial charge in [-0.1, -0.05) is 0 Å². The molecule has 0 amide bonds. The van der Waals surface area contributed by atoms with E-state index in [1.807, 2.05) is 0 Å². The van der Waals surface area contributed by atoms with Crippen molar-refractivity contribution < 1.29 is 8.42 Å². The van der Waals surface area contributed by atoms with Gasteiger partial charge in [0.15, 0.2) is 15.7 Å². The molecule has 2 heterocycles. The summed E-state index contributed by atoms with van der Waals surface area (Å²) in [6.07, 6.45) is 3.17. The van der Waals surface area contributed by atoms with Crippen molar-refractivity contribution >= 4 is 21.3 Å². The highest BCUT2D eigenvalue weighted by molar-refractivity contribution is 7.92. The summed E-state index contributed by atoms with van der Waals surface area (Å²) in [4.78, 5) is 0. The molecule has 3 N–H and O–H groups in total. The topological polar surface area (TPSA) is 90.0 Å². The molecule has 0 aromatic carbocycles. The summed E-state index contributed by atoms with van der Waals surface area (Å²) in [6.45, 7) is 0.392. The number of nitrogens with one attached hydrogen (secondary N) is 1. The Bertz CT molecular complexity index is 480. The molecule has 0 saturated carbocycles. The van der Waals surface area contributed by atoms with Gasteiger partial charge in [-0.3, -0.25) is 4.68 Å². The average Bonchev–Trinajstić information content (AvgIpc) is 2.66. The van der Waals surface area contributed by atoms with Crippen molar-refractivity contribution in [2.45, 2.75) is 18.1 Å². The van der Waals surface area contributed by atoms with Crippen LogP contribution in [0.15, 0.2) is 6.20 Å². The Morgan fingerprint density at radius 2 is 2.44 bits per heavy atom. The average molecular weight is 244 g/mol. The van der Waals surface area contributed by atoms with Gasteiger partial charge in [0.05, 0.1) is 16.7 Å². The van der Waals surface area contributed by atoms with Crippen molar-refractivity contribution in [1.82, 2.24) is 9.78 Å². The Hall–Kier alpha value is -1.24. The van der Waals surface area contributed by atoms with Crippen molar-refractivity contribution in [2.24, 2.45) is 7.05 Å². The lowest BCUT2D eigenvalue weighted by Gasteiger charge is -2.10. The van der Waals surface area contributed by atoms with Gasteiger partial charge >= 0.3 is 0 Å². The molecule has 1 aliphatic rings. The van der Waals surface area contributed by atoms with Crippen LogP contribution in [0.1, 0.15) is 12.8 Å². The van der Waals surface area contributed by atoms with Crippen LogP contribution < -0.4 is 11.1 Å². The molecule has 16 heavy (non-hydrogen) atoms. The third kappa shape index (κ3) is 2.13. The van der Waals surface area contributed by atoms with Gasteiger partial charge in [0, 0.05) is 19.8 Å². The number of hydrogen-bond donors (Lipinski definition) is 2. The minimum atomic E-state index is -2.90. The highest BCUT2D eigenvalue weighted by Gasteiger charge is 2.31. The normalized spacial score (nSPS) is 23.4. The van der Waals surface area contributed by atoms with E-state index in [1.54, 1.807) is 17.9 Å². The van der Waals surface area contributed by atoms with Crippen molar-refractivity contribution in [3.8, 4) is 0 Å². The van der Waals surface area contributed by atoms with Crippen molar-refractivity contribution in [3.05, 3.63) is 6.20 Å². The van der Waals surface area contributed by atoms with Crippen LogP contribution in [-0.4, -0.2) is 35.7 Å². The van der Waals surface area contributed by atoms with Gasteiger partial charge in [-0.25, -0.2) is 8.42 Å². The van der Waals surface area contributed by atoms with Gasteiger partial charge in [0.2, 0.25) is 0 Å². The van der Waals surface area contributed by atoms with Crippen LogP contribution in [0, 0.1) is 0 Å². The van der Waals surface area contributed by atoms with Crippen LogP contribution in [0.3, 0.4) is 0 Å². The number of aromatic nitrogens is 2. The van der Waals surface area contributed by atoms with Crippen LogP contribution in [0.5, 0.6) is 0 Å². The summed E-state index contributed by atoms with van der Waals surface area (Å²) in [5.74, 6) is 0.862. The van der Waals surface area contributed by atoms with Crippen molar-refractivity contribution in [2.75, 3.05) is 23.3 Å². The molecule has 2 rings (SSSR count). The Morgan fingerprint density at radius 1 is 1.69 bits per heavy atom. The summed E-state index contributed by atoms with van der Waals surface area (Å²) in [5, 5.41) is 6.80. The second-order valence-electron chi connectivity index (χ2n) is 4.12. The van der Waals surface area contributed by atoms with Crippen LogP contribution in [-0.2, 0) is 16.9 Å². The monoisotopic (exact) mass is 244 g/mol. The number of sulfone groups is 1. The van der Waals surface area contributed by atoms with Gasteiger partial charge < -0.3 is 11.1 Å². The number of nitrogens with two attached hydrogens (primary N) is 1. The highest BCUT2D eigenvalue weighted by Crippen LogP contribution is 2.21. The Balaban J connectivity index is 2.00. The zero-order valence-corrected chi connectivity index (χ0v) is 10.00. The molecule has 0 radical (unpaired) electrons. The van der Waals surface area contributed by atoms with E-state index in [9.17, 15) is 8.42 Å². The SMILES string of the molecule is Cn1cc(N)c(NCC2CCCS2(=O)=O)n1. The maximum Gasteiger partial charge on any atom is 0.171 e. The molecule has 0 aliphatic carbocycles. The molecule has 7 heteroatoms. The number of nitrogen functional groups attached to an aromatic ring is 1. The predicted molar refractivity (Wildman–Crippen MR) is 62.9 cm³/mol. The fourth-order valence-corrected chi connectivity index (χ4v) is 3.71. The second-order valence-corrected chi connectivity index (χ2v) is 6.52. The van der Waals surface area contributed by atoms with E-state index in [0.29, 0.717) is 23.8 Å². The molecule has 1 atom stereocenters.